The molecule has 0 radical (unpaired) electrons. The Morgan fingerprint density at radius 1 is 1.23 bits per heavy atom. The van der Waals surface area contributed by atoms with Gasteiger partial charge in [0.1, 0.15) is 5.75 Å². The number of hydrogen-bond acceptors (Lipinski definition) is 4. The molecule has 0 unspecified atom stereocenters. The van der Waals surface area contributed by atoms with E-state index in [0.717, 1.165) is 37.9 Å². The smallest absolute Gasteiger partial charge is 0.340 e. The molecule has 0 aromatic heterocycles. The fourth-order valence-electron chi connectivity index (χ4n) is 2.30. The predicted molar refractivity (Wildman–Crippen MR) is 85.3 cm³/mol. The summed E-state index contributed by atoms with van der Waals surface area (Å²) >= 11 is 5.82. The summed E-state index contributed by atoms with van der Waals surface area (Å²) in [4.78, 5) is 11.7. The van der Waals surface area contributed by atoms with Crippen molar-refractivity contribution in [2.45, 2.75) is 44.6 Å². The lowest BCUT2D eigenvalue weighted by Gasteiger charge is -2.10. The van der Waals surface area contributed by atoms with Crippen LogP contribution in [-0.2, 0) is 14.3 Å². The predicted octanol–water partition coefficient (Wildman–Crippen LogP) is 4.00. The third-order valence-corrected chi connectivity index (χ3v) is 3.95. The Kier molecular flexibility index (Phi) is 6.52. The molecule has 0 N–H and O–H groups in total. The van der Waals surface area contributed by atoms with E-state index in [1.165, 1.54) is 0 Å². The first-order chi connectivity index (χ1) is 10.7. The highest BCUT2D eigenvalue weighted by atomic mass is 35.5. The van der Waals surface area contributed by atoms with Crippen LogP contribution in [-0.4, -0.2) is 31.4 Å². The zero-order valence-corrected chi connectivity index (χ0v) is 13.7. The molecule has 0 bridgehead atoms. The molecule has 1 aliphatic rings. The molecule has 1 aromatic rings. The first-order valence-electron chi connectivity index (χ1n) is 7.86. The van der Waals surface area contributed by atoms with Crippen molar-refractivity contribution in [1.82, 2.24) is 0 Å². The molecule has 1 atom stereocenters. The molecule has 1 fully saturated rings. The minimum atomic E-state index is -0.629. The number of halogens is 1. The van der Waals surface area contributed by atoms with Gasteiger partial charge in [0.15, 0.2) is 5.60 Å². The van der Waals surface area contributed by atoms with E-state index in [1.807, 2.05) is 31.2 Å². The Bertz CT molecular complexity index is 468. The molecule has 122 valence electrons. The Labute approximate surface area is 136 Å². The van der Waals surface area contributed by atoms with Gasteiger partial charge in [-0.2, -0.15) is 0 Å². The molecule has 0 saturated carbocycles. The molecule has 0 spiro atoms. The second-order valence-corrected chi connectivity index (χ2v) is 5.91. The van der Waals surface area contributed by atoms with Crippen molar-refractivity contribution in [3.05, 3.63) is 29.3 Å². The maximum absolute atomic E-state index is 11.7. The Balaban J connectivity index is 1.51. The van der Waals surface area contributed by atoms with Crippen molar-refractivity contribution in [3.63, 3.8) is 0 Å². The maximum Gasteiger partial charge on any atom is 0.340 e. The number of carbonyl (C=O) groups is 1. The lowest BCUT2D eigenvalue weighted by Crippen LogP contribution is -2.27. The highest BCUT2D eigenvalue weighted by Gasteiger charge is 2.52. The zero-order chi connectivity index (χ0) is 15.8. The molecule has 5 heteroatoms. The van der Waals surface area contributed by atoms with Gasteiger partial charge >= 0.3 is 5.97 Å². The van der Waals surface area contributed by atoms with Gasteiger partial charge in [-0.05, 0) is 50.5 Å². The monoisotopic (exact) mass is 326 g/mol. The van der Waals surface area contributed by atoms with Crippen LogP contribution in [0.15, 0.2) is 24.3 Å². The van der Waals surface area contributed by atoms with Crippen molar-refractivity contribution in [3.8, 4) is 5.75 Å². The number of ether oxygens (including phenoxy) is 3. The van der Waals surface area contributed by atoms with Gasteiger partial charge in [0.2, 0.25) is 0 Å². The summed E-state index contributed by atoms with van der Waals surface area (Å²) in [6.45, 7) is 3.42. The van der Waals surface area contributed by atoms with Gasteiger partial charge in [-0.1, -0.05) is 24.4 Å². The van der Waals surface area contributed by atoms with Crippen LogP contribution < -0.4 is 4.74 Å². The Morgan fingerprint density at radius 2 is 1.91 bits per heavy atom. The normalized spacial score (nSPS) is 19.7. The lowest BCUT2D eigenvalue weighted by atomic mass is 10.0. The van der Waals surface area contributed by atoms with Crippen molar-refractivity contribution < 1.29 is 19.0 Å². The molecule has 0 aliphatic carbocycles. The zero-order valence-electron chi connectivity index (χ0n) is 13.0. The lowest BCUT2D eigenvalue weighted by molar-refractivity contribution is -0.149. The molecule has 1 heterocycles. The minimum Gasteiger partial charge on any atom is -0.494 e. The number of unbranched alkanes of at least 4 members (excludes halogenated alkanes) is 3. The van der Waals surface area contributed by atoms with Crippen LogP contribution in [0, 0.1) is 0 Å². The van der Waals surface area contributed by atoms with E-state index < -0.39 is 5.60 Å². The highest BCUT2D eigenvalue weighted by Crippen LogP contribution is 2.34. The number of rotatable bonds is 10. The number of benzene rings is 1. The second kappa shape index (κ2) is 8.39. The number of epoxide rings is 1. The third kappa shape index (κ3) is 5.18. The quantitative estimate of drug-likeness (QED) is 0.370. The first kappa shape index (κ1) is 17.1. The fourth-order valence-corrected chi connectivity index (χ4v) is 2.43. The summed E-state index contributed by atoms with van der Waals surface area (Å²) in [5.41, 5.74) is -0.629. The van der Waals surface area contributed by atoms with E-state index in [1.54, 1.807) is 0 Å². The van der Waals surface area contributed by atoms with Gasteiger partial charge in [-0.15, -0.1) is 0 Å². The Morgan fingerprint density at radius 3 is 2.55 bits per heavy atom. The SMILES string of the molecule is CCOC(=O)[C@]1(CCCCCCOc2ccc(Cl)cc2)CO1. The number of hydrogen-bond donors (Lipinski definition) is 0. The van der Waals surface area contributed by atoms with E-state index in [2.05, 4.69) is 0 Å². The number of carbonyl (C=O) groups excluding carboxylic acids is 1. The van der Waals surface area contributed by atoms with Gasteiger partial charge in [-0.3, -0.25) is 0 Å². The molecule has 1 saturated heterocycles. The summed E-state index contributed by atoms with van der Waals surface area (Å²) < 4.78 is 16.0. The summed E-state index contributed by atoms with van der Waals surface area (Å²) in [7, 11) is 0. The largest absolute Gasteiger partial charge is 0.494 e. The highest BCUT2D eigenvalue weighted by molar-refractivity contribution is 6.30. The van der Waals surface area contributed by atoms with Crippen LogP contribution >= 0.6 is 11.6 Å². The van der Waals surface area contributed by atoms with E-state index in [9.17, 15) is 4.79 Å². The molecule has 0 amide bonds. The topological polar surface area (TPSA) is 48.1 Å². The van der Waals surface area contributed by atoms with Crippen molar-refractivity contribution in [2.24, 2.45) is 0 Å². The fraction of sp³-hybridized carbons (Fsp3) is 0.588. The van der Waals surface area contributed by atoms with Gasteiger partial charge in [-0.25, -0.2) is 4.79 Å². The average Bonchev–Trinajstić information content (AvgIpc) is 3.30. The average molecular weight is 327 g/mol. The standard InChI is InChI=1S/C17H23ClO4/c1-2-20-16(19)17(13-22-17)11-5-3-4-6-12-21-15-9-7-14(18)8-10-15/h7-10H,2-6,11-13H2,1H3/t17-/m0/s1. The summed E-state index contributed by atoms with van der Waals surface area (Å²) in [5.74, 6) is 0.637. The molecule has 1 aliphatic heterocycles. The third-order valence-electron chi connectivity index (χ3n) is 3.70. The van der Waals surface area contributed by atoms with Crippen LogP contribution in [0.5, 0.6) is 5.75 Å². The molecular weight excluding hydrogens is 304 g/mol. The van der Waals surface area contributed by atoms with Gasteiger partial charge < -0.3 is 14.2 Å². The van der Waals surface area contributed by atoms with E-state index in [4.69, 9.17) is 25.8 Å². The van der Waals surface area contributed by atoms with Crippen LogP contribution in [0.4, 0.5) is 0 Å². The molecular formula is C17H23ClO4. The number of esters is 1. The summed E-state index contributed by atoms with van der Waals surface area (Å²) in [5, 5.41) is 0.713. The maximum atomic E-state index is 11.7. The van der Waals surface area contributed by atoms with Gasteiger partial charge in [0.25, 0.3) is 0 Å². The van der Waals surface area contributed by atoms with Crippen LogP contribution in [0.2, 0.25) is 5.02 Å². The molecule has 2 rings (SSSR count). The van der Waals surface area contributed by atoms with Crippen LogP contribution in [0.25, 0.3) is 0 Å². The molecule has 4 nitrogen and oxygen atoms in total. The molecule has 1 aromatic carbocycles. The van der Waals surface area contributed by atoms with E-state index >= 15 is 0 Å². The minimum absolute atomic E-state index is 0.207. The molecule has 22 heavy (non-hydrogen) atoms. The Hall–Kier alpha value is -1.26. The van der Waals surface area contributed by atoms with Gasteiger partial charge in [0, 0.05) is 5.02 Å². The summed E-state index contributed by atoms with van der Waals surface area (Å²) in [6, 6.07) is 7.38. The van der Waals surface area contributed by atoms with Crippen molar-refractivity contribution in [1.29, 1.82) is 0 Å². The van der Waals surface area contributed by atoms with E-state index in [-0.39, 0.29) is 5.97 Å². The van der Waals surface area contributed by atoms with E-state index in [0.29, 0.717) is 24.8 Å². The van der Waals surface area contributed by atoms with Crippen molar-refractivity contribution >= 4 is 17.6 Å². The van der Waals surface area contributed by atoms with Crippen LogP contribution in [0.1, 0.15) is 39.0 Å². The van der Waals surface area contributed by atoms with Gasteiger partial charge in [0.05, 0.1) is 19.8 Å². The first-order valence-corrected chi connectivity index (χ1v) is 8.24. The van der Waals surface area contributed by atoms with Crippen molar-refractivity contribution in [2.75, 3.05) is 19.8 Å². The summed E-state index contributed by atoms with van der Waals surface area (Å²) in [6.07, 6.45) is 4.86. The van der Waals surface area contributed by atoms with Crippen LogP contribution in [0.3, 0.4) is 0 Å². The second-order valence-electron chi connectivity index (χ2n) is 5.47.